The Labute approximate surface area is 107 Å². The Bertz CT molecular complexity index is 368. The number of hydrogen-bond acceptors (Lipinski definition) is 1. The van der Waals surface area contributed by atoms with Crippen molar-refractivity contribution in [3.05, 3.63) is 34.3 Å². The van der Waals surface area contributed by atoms with Crippen LogP contribution in [0.2, 0.25) is 5.02 Å². The molecule has 0 saturated heterocycles. The molecule has 0 radical (unpaired) electrons. The zero-order chi connectivity index (χ0) is 12.3. The molecule has 0 aliphatic rings. The molecule has 0 bridgehead atoms. The van der Waals surface area contributed by atoms with Crippen molar-refractivity contribution in [1.82, 2.24) is 0 Å². The van der Waals surface area contributed by atoms with Gasteiger partial charge in [-0.15, -0.1) is 12.4 Å². The van der Waals surface area contributed by atoms with Gasteiger partial charge in [0.25, 0.3) is 0 Å². The molecule has 0 saturated carbocycles. The molecule has 0 unspecified atom stereocenters. The maximum atomic E-state index is 12.4. The molecule has 0 aromatic heterocycles. The molecule has 1 aromatic rings. The molecule has 1 aromatic carbocycles. The summed E-state index contributed by atoms with van der Waals surface area (Å²) >= 11 is 5.49. The summed E-state index contributed by atoms with van der Waals surface area (Å²) in [6, 6.07) is 2.57. The first-order chi connectivity index (χ1) is 7.36. The summed E-state index contributed by atoms with van der Waals surface area (Å²) in [5.74, 6) is 0. The second-order valence-electron chi connectivity index (χ2n) is 3.32. The van der Waals surface area contributed by atoms with E-state index in [0.717, 1.165) is 12.1 Å². The molecule has 1 nitrogen and oxygen atoms in total. The van der Waals surface area contributed by atoms with Crippen LogP contribution in [0.4, 0.5) is 17.6 Å². The van der Waals surface area contributed by atoms with E-state index in [9.17, 15) is 17.6 Å². The van der Waals surface area contributed by atoms with Crippen molar-refractivity contribution in [3.8, 4) is 0 Å². The summed E-state index contributed by atoms with van der Waals surface area (Å²) in [7, 11) is 0. The normalized spacial score (nSPS) is 13.1. The molecule has 0 heterocycles. The topological polar surface area (TPSA) is 26.0 Å². The van der Waals surface area contributed by atoms with Gasteiger partial charge in [0.1, 0.15) is 0 Å². The Morgan fingerprint density at radius 3 is 2.29 bits per heavy atom. The Hall–Kier alpha value is -0.520. The van der Waals surface area contributed by atoms with E-state index in [1.54, 1.807) is 0 Å². The maximum Gasteiger partial charge on any atom is 0.417 e. The van der Waals surface area contributed by atoms with Crippen LogP contribution in [0.25, 0.3) is 0 Å². The second kappa shape index (κ2) is 6.42. The lowest BCUT2D eigenvalue weighted by molar-refractivity contribution is -0.137. The minimum atomic E-state index is -4.49. The Balaban J connectivity index is 0.00000256. The van der Waals surface area contributed by atoms with Crippen LogP contribution in [-0.4, -0.2) is 6.67 Å². The number of alkyl halides is 4. The lowest BCUT2D eigenvalue weighted by Gasteiger charge is -2.13. The summed E-state index contributed by atoms with van der Waals surface area (Å²) in [5, 5.41) is -0.417. The van der Waals surface area contributed by atoms with Crippen LogP contribution in [0.15, 0.2) is 18.2 Å². The van der Waals surface area contributed by atoms with Crippen LogP contribution >= 0.6 is 24.0 Å². The summed E-state index contributed by atoms with van der Waals surface area (Å²) in [4.78, 5) is 0. The van der Waals surface area contributed by atoms with Crippen LogP contribution in [0.5, 0.6) is 0 Å². The van der Waals surface area contributed by atoms with Gasteiger partial charge < -0.3 is 5.73 Å². The first kappa shape index (κ1) is 16.5. The van der Waals surface area contributed by atoms with Gasteiger partial charge in [-0.1, -0.05) is 17.7 Å². The van der Waals surface area contributed by atoms with E-state index in [2.05, 4.69) is 0 Å². The summed E-state index contributed by atoms with van der Waals surface area (Å²) in [5.41, 5.74) is 5.04. The van der Waals surface area contributed by atoms with Crippen molar-refractivity contribution in [3.63, 3.8) is 0 Å². The fourth-order valence-electron chi connectivity index (χ4n) is 1.28. The quantitative estimate of drug-likeness (QED) is 0.832. The van der Waals surface area contributed by atoms with E-state index in [1.807, 2.05) is 0 Å². The smallest absolute Gasteiger partial charge is 0.324 e. The van der Waals surface area contributed by atoms with Crippen LogP contribution < -0.4 is 5.73 Å². The lowest BCUT2D eigenvalue weighted by Crippen LogP contribution is -2.12. The van der Waals surface area contributed by atoms with Gasteiger partial charge in [-0.05, 0) is 24.1 Å². The third-order valence-corrected chi connectivity index (χ3v) is 2.46. The molecular weight excluding hydrogens is 281 g/mol. The first-order valence-electron chi connectivity index (χ1n) is 4.54. The van der Waals surface area contributed by atoms with Gasteiger partial charge in [0.2, 0.25) is 0 Å². The zero-order valence-electron chi connectivity index (χ0n) is 8.60. The summed E-state index contributed by atoms with van der Waals surface area (Å²) in [6.07, 6.45) is -4.43. The van der Waals surface area contributed by atoms with Crippen molar-refractivity contribution in [2.24, 2.45) is 5.73 Å². The van der Waals surface area contributed by atoms with Gasteiger partial charge in [0.05, 0.1) is 17.3 Å². The van der Waals surface area contributed by atoms with Gasteiger partial charge >= 0.3 is 6.18 Å². The van der Waals surface area contributed by atoms with E-state index in [-0.39, 0.29) is 18.8 Å². The predicted octanol–water partition coefficient (Wildman–Crippen LogP) is 4.14. The second-order valence-corrected chi connectivity index (χ2v) is 3.73. The molecule has 0 fully saturated rings. The zero-order valence-corrected chi connectivity index (χ0v) is 10.2. The standard InChI is InChI=1S/C10H10ClF4N.ClH/c11-8-5-6(9(16)3-4-12)1-2-7(8)10(13,14)15;/h1-2,5,9H,3-4,16H2;1H/t9-;/m1./s1. The third-order valence-electron chi connectivity index (χ3n) is 2.15. The highest BCUT2D eigenvalue weighted by Crippen LogP contribution is 2.35. The number of hydrogen-bond donors (Lipinski definition) is 1. The third kappa shape index (κ3) is 4.33. The SMILES string of the molecule is Cl.N[C@H](CCF)c1ccc(C(F)(F)F)c(Cl)c1. The number of nitrogens with two attached hydrogens (primary N) is 1. The fourth-order valence-corrected chi connectivity index (χ4v) is 1.57. The largest absolute Gasteiger partial charge is 0.417 e. The van der Waals surface area contributed by atoms with E-state index in [4.69, 9.17) is 17.3 Å². The molecule has 0 amide bonds. The molecule has 1 atom stereocenters. The Kier molecular flexibility index (Phi) is 6.23. The van der Waals surface area contributed by atoms with E-state index in [1.165, 1.54) is 6.07 Å². The molecule has 0 aliphatic heterocycles. The minimum Gasteiger partial charge on any atom is -0.324 e. The number of benzene rings is 1. The minimum absolute atomic E-state index is 0. The summed E-state index contributed by atoms with van der Waals surface area (Å²) in [6.45, 7) is -0.625. The van der Waals surface area contributed by atoms with Gasteiger partial charge in [-0.3, -0.25) is 4.39 Å². The van der Waals surface area contributed by atoms with Crippen molar-refractivity contribution < 1.29 is 17.6 Å². The maximum absolute atomic E-state index is 12.4. The van der Waals surface area contributed by atoms with Gasteiger partial charge in [-0.25, -0.2) is 0 Å². The van der Waals surface area contributed by atoms with Crippen molar-refractivity contribution in [2.75, 3.05) is 6.67 Å². The number of halogens is 6. The van der Waals surface area contributed by atoms with Crippen LogP contribution in [0, 0.1) is 0 Å². The highest BCUT2D eigenvalue weighted by Gasteiger charge is 2.33. The van der Waals surface area contributed by atoms with E-state index >= 15 is 0 Å². The van der Waals surface area contributed by atoms with Gasteiger partial charge in [0.15, 0.2) is 0 Å². The Morgan fingerprint density at radius 2 is 1.88 bits per heavy atom. The summed E-state index contributed by atoms with van der Waals surface area (Å²) < 4.78 is 49.1. The molecule has 0 spiro atoms. The highest BCUT2D eigenvalue weighted by atomic mass is 35.5. The fraction of sp³-hybridized carbons (Fsp3) is 0.400. The van der Waals surface area contributed by atoms with Crippen LogP contribution in [0.3, 0.4) is 0 Å². The molecule has 17 heavy (non-hydrogen) atoms. The molecule has 7 heteroatoms. The molecule has 98 valence electrons. The Morgan fingerprint density at radius 1 is 1.29 bits per heavy atom. The molecular formula is C10H11Cl2F4N. The van der Waals surface area contributed by atoms with Gasteiger partial charge in [0, 0.05) is 6.04 Å². The molecule has 1 rings (SSSR count). The average Bonchev–Trinajstić information content (AvgIpc) is 2.16. The first-order valence-corrected chi connectivity index (χ1v) is 4.92. The monoisotopic (exact) mass is 291 g/mol. The lowest BCUT2D eigenvalue weighted by atomic mass is 10.0. The van der Waals surface area contributed by atoms with Crippen LogP contribution in [-0.2, 0) is 6.18 Å². The van der Waals surface area contributed by atoms with E-state index < -0.39 is 29.5 Å². The van der Waals surface area contributed by atoms with Crippen molar-refractivity contribution in [1.29, 1.82) is 0 Å². The van der Waals surface area contributed by atoms with Crippen molar-refractivity contribution in [2.45, 2.75) is 18.6 Å². The molecule has 2 N–H and O–H groups in total. The van der Waals surface area contributed by atoms with Crippen molar-refractivity contribution >= 4 is 24.0 Å². The average molecular weight is 292 g/mol. The predicted molar refractivity (Wildman–Crippen MR) is 61.2 cm³/mol. The highest BCUT2D eigenvalue weighted by molar-refractivity contribution is 6.31. The molecule has 0 aliphatic carbocycles. The number of rotatable bonds is 3. The van der Waals surface area contributed by atoms with Crippen LogP contribution in [0.1, 0.15) is 23.6 Å². The van der Waals surface area contributed by atoms with E-state index in [0.29, 0.717) is 5.56 Å². The van der Waals surface area contributed by atoms with Gasteiger partial charge in [-0.2, -0.15) is 13.2 Å².